The maximum Gasteiger partial charge on any atom is 0.170 e. The van der Waals surface area contributed by atoms with Crippen LogP contribution in [0.15, 0.2) is 53.3 Å². The molecule has 0 aliphatic rings. The molecule has 0 radical (unpaired) electrons. The van der Waals surface area contributed by atoms with Crippen molar-refractivity contribution in [3.63, 3.8) is 0 Å². The van der Waals surface area contributed by atoms with Gasteiger partial charge in [-0.3, -0.25) is 4.98 Å². The van der Waals surface area contributed by atoms with E-state index >= 15 is 0 Å². The van der Waals surface area contributed by atoms with Crippen molar-refractivity contribution >= 4 is 0 Å². The van der Waals surface area contributed by atoms with Gasteiger partial charge in [-0.05, 0) is 54.7 Å². The highest BCUT2D eigenvalue weighted by Gasteiger charge is 2.14. The largest absolute Gasteiger partial charge is 0.491 e. The molecular weight excluding hydrogens is 326 g/mol. The van der Waals surface area contributed by atoms with Gasteiger partial charge in [0, 0.05) is 24.0 Å². The summed E-state index contributed by atoms with van der Waals surface area (Å²) in [6.07, 6.45) is 4.37. The van der Waals surface area contributed by atoms with Gasteiger partial charge in [0.2, 0.25) is 0 Å². The molecule has 2 heterocycles. The molecule has 5 nitrogen and oxygen atoms in total. The second kappa shape index (κ2) is 8.15. The van der Waals surface area contributed by atoms with Crippen molar-refractivity contribution in [2.75, 3.05) is 6.61 Å². The summed E-state index contributed by atoms with van der Waals surface area (Å²) in [7, 11) is 0. The van der Waals surface area contributed by atoms with Gasteiger partial charge in [-0.25, -0.2) is 0 Å². The number of nitrogens with two attached hydrogens (primary N) is 1. The SMILES string of the molecule is Cc1cc(-c2ccc(OCC(N)CC(C)C)c(-c3ccno3)c2)ccn1. The molecule has 136 valence electrons. The molecule has 0 amide bonds. The molecule has 26 heavy (non-hydrogen) atoms. The molecule has 0 saturated heterocycles. The van der Waals surface area contributed by atoms with Gasteiger partial charge < -0.3 is 15.0 Å². The van der Waals surface area contributed by atoms with E-state index < -0.39 is 0 Å². The zero-order valence-corrected chi connectivity index (χ0v) is 15.5. The molecule has 0 saturated carbocycles. The average molecular weight is 351 g/mol. The molecule has 5 heteroatoms. The summed E-state index contributed by atoms with van der Waals surface area (Å²) < 4.78 is 11.4. The molecule has 0 fully saturated rings. The molecule has 0 aliphatic heterocycles. The van der Waals surface area contributed by atoms with E-state index in [4.69, 9.17) is 15.0 Å². The fourth-order valence-electron chi connectivity index (χ4n) is 2.98. The predicted octanol–water partition coefficient (Wildman–Crippen LogP) is 4.46. The van der Waals surface area contributed by atoms with Crippen molar-refractivity contribution in [2.45, 2.75) is 33.2 Å². The Morgan fingerprint density at radius 3 is 2.58 bits per heavy atom. The van der Waals surface area contributed by atoms with E-state index in [-0.39, 0.29) is 6.04 Å². The van der Waals surface area contributed by atoms with Crippen molar-refractivity contribution in [2.24, 2.45) is 11.7 Å². The lowest BCUT2D eigenvalue weighted by Gasteiger charge is -2.17. The van der Waals surface area contributed by atoms with Crippen LogP contribution in [0.2, 0.25) is 0 Å². The minimum absolute atomic E-state index is 0.0000925. The third-order valence-electron chi connectivity index (χ3n) is 4.14. The number of rotatable bonds is 7. The lowest BCUT2D eigenvalue weighted by atomic mass is 10.0. The molecule has 3 aromatic rings. The maximum atomic E-state index is 6.16. The standard InChI is InChI=1S/C21H25N3O2/c1-14(2)10-18(22)13-25-20-5-4-16(17-6-8-23-15(3)11-17)12-19(20)21-7-9-24-26-21/h4-9,11-12,14,18H,10,13,22H2,1-3H3. The Kier molecular flexibility index (Phi) is 5.68. The van der Waals surface area contributed by atoms with E-state index in [0.29, 0.717) is 18.3 Å². The number of aryl methyl sites for hydroxylation is 1. The van der Waals surface area contributed by atoms with Gasteiger partial charge in [-0.15, -0.1) is 0 Å². The minimum Gasteiger partial charge on any atom is -0.491 e. The Hall–Kier alpha value is -2.66. The van der Waals surface area contributed by atoms with Gasteiger partial charge in [0.1, 0.15) is 12.4 Å². The maximum absolute atomic E-state index is 6.16. The second-order valence-electron chi connectivity index (χ2n) is 6.97. The molecule has 2 N–H and O–H groups in total. The van der Waals surface area contributed by atoms with Crippen LogP contribution >= 0.6 is 0 Å². The van der Waals surface area contributed by atoms with Crippen LogP contribution in [0, 0.1) is 12.8 Å². The Morgan fingerprint density at radius 1 is 1.08 bits per heavy atom. The number of hydrogen-bond acceptors (Lipinski definition) is 5. The van der Waals surface area contributed by atoms with Crippen LogP contribution < -0.4 is 10.5 Å². The molecule has 0 spiro atoms. The molecule has 0 bridgehead atoms. The highest BCUT2D eigenvalue weighted by atomic mass is 16.5. The topological polar surface area (TPSA) is 74.2 Å². The third kappa shape index (κ3) is 4.49. The fraction of sp³-hybridized carbons (Fsp3) is 0.333. The summed E-state index contributed by atoms with van der Waals surface area (Å²) in [5.74, 6) is 1.96. The first-order valence-electron chi connectivity index (χ1n) is 8.89. The summed E-state index contributed by atoms with van der Waals surface area (Å²) in [5, 5.41) is 3.83. The van der Waals surface area contributed by atoms with Gasteiger partial charge in [0.15, 0.2) is 5.76 Å². The Labute approximate surface area is 154 Å². The monoisotopic (exact) mass is 351 g/mol. The summed E-state index contributed by atoms with van der Waals surface area (Å²) in [6.45, 7) is 6.76. The van der Waals surface area contributed by atoms with Gasteiger partial charge in [-0.2, -0.15) is 0 Å². The zero-order chi connectivity index (χ0) is 18.5. The second-order valence-corrected chi connectivity index (χ2v) is 6.97. The van der Waals surface area contributed by atoms with Crippen molar-refractivity contribution in [1.82, 2.24) is 10.1 Å². The number of aromatic nitrogens is 2. The first-order valence-corrected chi connectivity index (χ1v) is 8.89. The van der Waals surface area contributed by atoms with Gasteiger partial charge in [0.25, 0.3) is 0 Å². The van der Waals surface area contributed by atoms with Gasteiger partial charge >= 0.3 is 0 Å². The van der Waals surface area contributed by atoms with E-state index in [0.717, 1.165) is 34.6 Å². The molecule has 2 aromatic heterocycles. The Bertz CT molecular complexity index is 844. The number of ether oxygens (including phenoxy) is 1. The van der Waals surface area contributed by atoms with Gasteiger partial charge in [0.05, 0.1) is 11.8 Å². The molecule has 0 aliphatic carbocycles. The summed E-state index contributed by atoms with van der Waals surface area (Å²) >= 11 is 0. The van der Waals surface area contributed by atoms with E-state index in [9.17, 15) is 0 Å². The van der Waals surface area contributed by atoms with E-state index in [1.807, 2.05) is 37.4 Å². The van der Waals surface area contributed by atoms with Crippen molar-refractivity contribution in [1.29, 1.82) is 0 Å². The van der Waals surface area contributed by atoms with Crippen LogP contribution in [0.25, 0.3) is 22.5 Å². The van der Waals surface area contributed by atoms with Crippen LogP contribution in [0.4, 0.5) is 0 Å². The molecule has 1 aromatic carbocycles. The Morgan fingerprint density at radius 2 is 1.88 bits per heavy atom. The first kappa shape index (κ1) is 18.1. The first-order chi connectivity index (χ1) is 12.5. The van der Waals surface area contributed by atoms with Crippen LogP contribution in [-0.2, 0) is 0 Å². The van der Waals surface area contributed by atoms with Crippen LogP contribution in [0.3, 0.4) is 0 Å². The molecule has 1 atom stereocenters. The summed E-state index contributed by atoms with van der Waals surface area (Å²) in [6, 6.07) is 11.9. The number of pyridine rings is 1. The predicted molar refractivity (Wildman–Crippen MR) is 103 cm³/mol. The smallest absolute Gasteiger partial charge is 0.170 e. The summed E-state index contributed by atoms with van der Waals surface area (Å²) in [5.41, 5.74) is 10.2. The van der Waals surface area contributed by atoms with E-state index in [2.05, 4.69) is 36.1 Å². The Balaban J connectivity index is 1.90. The van der Waals surface area contributed by atoms with Crippen molar-refractivity contribution in [3.05, 3.63) is 54.5 Å². The number of nitrogens with zero attached hydrogens (tertiary/aromatic N) is 2. The minimum atomic E-state index is 0.0000925. The molecular formula is C21H25N3O2. The normalized spacial score (nSPS) is 12.3. The lowest BCUT2D eigenvalue weighted by molar-refractivity contribution is 0.271. The van der Waals surface area contributed by atoms with Crippen LogP contribution in [0.5, 0.6) is 5.75 Å². The molecule has 3 rings (SSSR count). The zero-order valence-electron chi connectivity index (χ0n) is 15.5. The van der Waals surface area contributed by atoms with Crippen molar-refractivity contribution < 1.29 is 9.26 Å². The quantitative estimate of drug-likeness (QED) is 0.680. The van der Waals surface area contributed by atoms with Crippen molar-refractivity contribution in [3.8, 4) is 28.2 Å². The molecule has 1 unspecified atom stereocenters. The summed E-state index contributed by atoms with van der Waals surface area (Å²) in [4.78, 5) is 4.26. The van der Waals surface area contributed by atoms with E-state index in [1.54, 1.807) is 6.20 Å². The lowest BCUT2D eigenvalue weighted by Crippen LogP contribution is -2.29. The third-order valence-corrected chi connectivity index (χ3v) is 4.14. The number of benzene rings is 1. The van der Waals surface area contributed by atoms with E-state index in [1.165, 1.54) is 0 Å². The van der Waals surface area contributed by atoms with Crippen LogP contribution in [-0.4, -0.2) is 22.8 Å². The fourth-order valence-corrected chi connectivity index (χ4v) is 2.98. The number of hydrogen-bond donors (Lipinski definition) is 1. The average Bonchev–Trinajstić information content (AvgIpc) is 3.14. The van der Waals surface area contributed by atoms with Crippen LogP contribution in [0.1, 0.15) is 26.0 Å². The highest BCUT2D eigenvalue weighted by molar-refractivity contribution is 5.75. The van der Waals surface area contributed by atoms with Gasteiger partial charge in [-0.1, -0.05) is 25.1 Å². The highest BCUT2D eigenvalue weighted by Crippen LogP contribution is 2.34.